The van der Waals surface area contributed by atoms with Crippen LogP contribution in [-0.4, -0.2) is 93.7 Å². The van der Waals surface area contributed by atoms with Crippen LogP contribution in [0.25, 0.3) is 0 Å². The average Bonchev–Trinajstić information content (AvgIpc) is 2.87. The molecule has 1 saturated heterocycles. The standard InChI is InChI=1S/C28H40N2O6/c1-20(2)16-30(28(32)22-14-25(33-3)27(35-5)26(15-22)34-4)19-24-18-29(11-12-36-24)17-23(31)13-21-9-7-6-8-10-21/h6-10,14-15,20,23-24,31H,11-13,16-19H2,1-5H3. The van der Waals surface area contributed by atoms with Crippen LogP contribution in [0.5, 0.6) is 17.2 Å². The molecule has 2 aromatic carbocycles. The summed E-state index contributed by atoms with van der Waals surface area (Å²) in [4.78, 5) is 17.7. The Kier molecular flexibility index (Phi) is 10.4. The minimum atomic E-state index is -0.459. The Bertz CT molecular complexity index is 943. The molecule has 1 aliphatic heterocycles. The third-order valence-electron chi connectivity index (χ3n) is 6.21. The van der Waals surface area contributed by atoms with E-state index in [1.54, 1.807) is 12.1 Å². The number of morpholine rings is 1. The number of benzene rings is 2. The number of hydrogen-bond donors (Lipinski definition) is 1. The maximum Gasteiger partial charge on any atom is 0.254 e. The van der Waals surface area contributed by atoms with Gasteiger partial charge in [0.25, 0.3) is 5.91 Å². The Balaban J connectivity index is 1.69. The molecule has 0 radical (unpaired) electrons. The molecule has 198 valence electrons. The van der Waals surface area contributed by atoms with Crippen molar-refractivity contribution in [3.05, 3.63) is 53.6 Å². The Labute approximate surface area is 214 Å². The van der Waals surface area contributed by atoms with Gasteiger partial charge in [-0.2, -0.15) is 0 Å². The molecule has 8 heteroatoms. The van der Waals surface area contributed by atoms with Gasteiger partial charge in [-0.05, 0) is 30.0 Å². The number of carbonyl (C=O) groups is 1. The fourth-order valence-electron chi connectivity index (χ4n) is 4.62. The minimum absolute atomic E-state index is 0.118. The van der Waals surface area contributed by atoms with Crippen LogP contribution in [0.3, 0.4) is 0 Å². The van der Waals surface area contributed by atoms with Crippen LogP contribution in [-0.2, 0) is 11.2 Å². The van der Waals surface area contributed by atoms with E-state index in [1.165, 1.54) is 21.3 Å². The van der Waals surface area contributed by atoms with E-state index in [0.717, 1.165) is 12.1 Å². The molecule has 8 nitrogen and oxygen atoms in total. The molecule has 0 saturated carbocycles. The molecule has 1 amide bonds. The molecule has 1 fully saturated rings. The molecule has 2 unspecified atom stereocenters. The second kappa shape index (κ2) is 13.5. The quantitative estimate of drug-likeness (QED) is 0.480. The summed E-state index contributed by atoms with van der Waals surface area (Å²) in [6.45, 7) is 7.77. The number of ether oxygens (including phenoxy) is 4. The first-order valence-electron chi connectivity index (χ1n) is 12.5. The van der Waals surface area contributed by atoms with E-state index in [-0.39, 0.29) is 17.9 Å². The molecule has 1 heterocycles. The largest absolute Gasteiger partial charge is 0.493 e. The smallest absolute Gasteiger partial charge is 0.254 e. The van der Waals surface area contributed by atoms with Gasteiger partial charge in [0.05, 0.1) is 40.1 Å². The van der Waals surface area contributed by atoms with Gasteiger partial charge >= 0.3 is 0 Å². The number of carbonyl (C=O) groups excluding carboxylic acids is 1. The van der Waals surface area contributed by atoms with Crippen molar-refractivity contribution in [1.29, 1.82) is 0 Å². The van der Waals surface area contributed by atoms with Crippen LogP contribution in [0.2, 0.25) is 0 Å². The molecule has 0 aromatic heterocycles. The number of aliphatic hydroxyl groups is 1. The molecule has 1 N–H and O–H groups in total. The molecular weight excluding hydrogens is 460 g/mol. The van der Waals surface area contributed by atoms with Gasteiger partial charge in [0, 0.05) is 38.3 Å². The molecule has 1 aliphatic rings. The van der Waals surface area contributed by atoms with Crippen LogP contribution in [0, 0.1) is 5.92 Å². The highest BCUT2D eigenvalue weighted by molar-refractivity contribution is 5.95. The Hall–Kier alpha value is -2.81. The zero-order valence-electron chi connectivity index (χ0n) is 22.1. The van der Waals surface area contributed by atoms with E-state index in [9.17, 15) is 9.90 Å². The third kappa shape index (κ3) is 7.59. The summed E-state index contributed by atoms with van der Waals surface area (Å²) in [6, 6.07) is 13.4. The van der Waals surface area contributed by atoms with Crippen molar-refractivity contribution >= 4 is 5.91 Å². The summed E-state index contributed by atoms with van der Waals surface area (Å²) in [5.74, 6) is 1.50. The molecule has 3 rings (SSSR count). The number of methoxy groups -OCH3 is 3. The molecular formula is C28H40N2O6. The first-order chi connectivity index (χ1) is 17.3. The Morgan fingerprint density at radius 3 is 2.36 bits per heavy atom. The van der Waals surface area contributed by atoms with Gasteiger partial charge in [0.1, 0.15) is 0 Å². The summed E-state index contributed by atoms with van der Waals surface area (Å²) in [7, 11) is 4.61. The van der Waals surface area contributed by atoms with Crippen molar-refractivity contribution in [2.75, 3.05) is 60.7 Å². The van der Waals surface area contributed by atoms with Crippen LogP contribution < -0.4 is 14.2 Å². The van der Waals surface area contributed by atoms with Crippen molar-refractivity contribution in [2.24, 2.45) is 5.92 Å². The first kappa shape index (κ1) is 27.8. The topological polar surface area (TPSA) is 80.7 Å². The van der Waals surface area contributed by atoms with E-state index in [2.05, 4.69) is 18.7 Å². The van der Waals surface area contributed by atoms with Crippen LogP contribution >= 0.6 is 0 Å². The number of aliphatic hydroxyl groups excluding tert-OH is 1. The first-order valence-corrected chi connectivity index (χ1v) is 12.5. The highest BCUT2D eigenvalue weighted by Crippen LogP contribution is 2.38. The number of nitrogens with zero attached hydrogens (tertiary/aromatic N) is 2. The van der Waals surface area contributed by atoms with Crippen LogP contribution in [0.1, 0.15) is 29.8 Å². The van der Waals surface area contributed by atoms with Crippen molar-refractivity contribution in [2.45, 2.75) is 32.5 Å². The van der Waals surface area contributed by atoms with Gasteiger partial charge in [-0.15, -0.1) is 0 Å². The molecule has 2 atom stereocenters. The highest BCUT2D eigenvalue weighted by atomic mass is 16.5. The predicted octanol–water partition coefficient (Wildman–Crippen LogP) is 3.12. The molecule has 0 aliphatic carbocycles. The number of rotatable bonds is 12. The van der Waals surface area contributed by atoms with Crippen molar-refractivity contribution in [3.63, 3.8) is 0 Å². The molecule has 0 bridgehead atoms. The fraction of sp³-hybridized carbons (Fsp3) is 0.536. The second-order valence-corrected chi connectivity index (χ2v) is 9.61. The van der Waals surface area contributed by atoms with E-state index >= 15 is 0 Å². The predicted molar refractivity (Wildman–Crippen MR) is 139 cm³/mol. The molecule has 0 spiro atoms. The summed E-state index contributed by atoms with van der Waals surface area (Å²) in [6.07, 6.45) is 0.00768. The lowest BCUT2D eigenvalue weighted by Gasteiger charge is -2.37. The van der Waals surface area contributed by atoms with Crippen LogP contribution in [0.15, 0.2) is 42.5 Å². The highest BCUT2D eigenvalue weighted by Gasteiger charge is 2.28. The number of amides is 1. The maximum atomic E-state index is 13.6. The second-order valence-electron chi connectivity index (χ2n) is 9.61. The summed E-state index contributed by atoms with van der Waals surface area (Å²) >= 11 is 0. The monoisotopic (exact) mass is 500 g/mol. The van der Waals surface area contributed by atoms with Gasteiger partial charge in [-0.1, -0.05) is 44.2 Å². The Morgan fingerprint density at radius 1 is 1.11 bits per heavy atom. The van der Waals surface area contributed by atoms with Crippen molar-refractivity contribution in [1.82, 2.24) is 9.80 Å². The summed E-state index contributed by atoms with van der Waals surface area (Å²) in [5, 5.41) is 10.6. The van der Waals surface area contributed by atoms with E-state index in [0.29, 0.717) is 62.0 Å². The van der Waals surface area contributed by atoms with Gasteiger partial charge < -0.3 is 29.0 Å². The zero-order valence-corrected chi connectivity index (χ0v) is 22.1. The fourth-order valence-corrected chi connectivity index (χ4v) is 4.62. The van der Waals surface area contributed by atoms with Gasteiger partial charge in [-0.3, -0.25) is 9.69 Å². The lowest BCUT2D eigenvalue weighted by Crippen LogP contribution is -2.51. The van der Waals surface area contributed by atoms with E-state index < -0.39 is 6.10 Å². The SMILES string of the molecule is COc1cc(C(=O)N(CC(C)C)CC2CN(CC(O)Cc3ccccc3)CCO2)cc(OC)c1OC. The molecule has 2 aromatic rings. The lowest BCUT2D eigenvalue weighted by atomic mass is 10.1. The minimum Gasteiger partial charge on any atom is -0.493 e. The molecule has 36 heavy (non-hydrogen) atoms. The van der Waals surface area contributed by atoms with Gasteiger partial charge in [-0.25, -0.2) is 0 Å². The van der Waals surface area contributed by atoms with Gasteiger partial charge in [0.15, 0.2) is 11.5 Å². The zero-order chi connectivity index (χ0) is 26.1. The number of hydrogen-bond acceptors (Lipinski definition) is 7. The van der Waals surface area contributed by atoms with Crippen LogP contribution in [0.4, 0.5) is 0 Å². The van der Waals surface area contributed by atoms with Gasteiger partial charge in [0.2, 0.25) is 5.75 Å². The third-order valence-corrected chi connectivity index (χ3v) is 6.21. The van der Waals surface area contributed by atoms with Crippen molar-refractivity contribution < 1.29 is 28.8 Å². The normalized spacial score (nSPS) is 17.0. The lowest BCUT2D eigenvalue weighted by molar-refractivity contribution is -0.0510. The van der Waals surface area contributed by atoms with Crippen molar-refractivity contribution in [3.8, 4) is 17.2 Å². The number of β-amino-alcohol motifs (C(OH)–C–C–N with tert-alkyl or cyclic N) is 1. The summed E-state index contributed by atoms with van der Waals surface area (Å²) in [5.41, 5.74) is 1.59. The van der Waals surface area contributed by atoms with E-state index in [4.69, 9.17) is 18.9 Å². The summed E-state index contributed by atoms with van der Waals surface area (Å²) < 4.78 is 22.3. The Morgan fingerprint density at radius 2 is 1.78 bits per heavy atom. The van der Waals surface area contributed by atoms with E-state index in [1.807, 2.05) is 35.2 Å². The average molecular weight is 501 g/mol. The maximum absolute atomic E-state index is 13.6.